The first-order valence-corrected chi connectivity index (χ1v) is 14.1. The van der Waals surface area contributed by atoms with Crippen molar-refractivity contribution in [3.8, 4) is 0 Å². The van der Waals surface area contributed by atoms with Crippen molar-refractivity contribution in [1.82, 2.24) is 19.1 Å². The van der Waals surface area contributed by atoms with Gasteiger partial charge in [0.1, 0.15) is 5.82 Å². The third-order valence-corrected chi connectivity index (χ3v) is 9.11. The predicted molar refractivity (Wildman–Crippen MR) is 135 cm³/mol. The smallest absolute Gasteiger partial charge is 0.264 e. The molecule has 194 valence electrons. The van der Waals surface area contributed by atoms with E-state index in [9.17, 15) is 21.2 Å². The van der Waals surface area contributed by atoms with Crippen molar-refractivity contribution in [2.45, 2.75) is 9.79 Å². The molecule has 1 aromatic heterocycles. The maximum Gasteiger partial charge on any atom is 0.264 e. The highest BCUT2D eigenvalue weighted by molar-refractivity contribution is 7.92. The Morgan fingerprint density at radius 1 is 0.944 bits per heavy atom. The lowest BCUT2D eigenvalue weighted by Gasteiger charge is -2.35. The monoisotopic (exact) mass is 557 g/mol. The summed E-state index contributed by atoms with van der Waals surface area (Å²) in [4.78, 5) is 7.96. The lowest BCUT2D eigenvalue weighted by molar-refractivity contribution is 0.520. The molecule has 0 bridgehead atoms. The van der Waals surface area contributed by atoms with E-state index < -0.39 is 25.9 Å². The van der Waals surface area contributed by atoms with Gasteiger partial charge in [0.25, 0.3) is 10.0 Å². The first kappa shape index (κ1) is 26.1. The Bertz CT molecular complexity index is 1470. The van der Waals surface area contributed by atoms with Crippen LogP contribution in [0.4, 0.5) is 22.0 Å². The van der Waals surface area contributed by atoms with Gasteiger partial charge in [-0.15, -0.1) is 5.10 Å². The second-order valence-corrected chi connectivity index (χ2v) is 12.6. The summed E-state index contributed by atoms with van der Waals surface area (Å²) in [6.45, 7) is 2.03. The number of aromatic nitrogens is 3. The summed E-state index contributed by atoms with van der Waals surface area (Å²) >= 11 is 5.84. The van der Waals surface area contributed by atoms with Crippen LogP contribution in [0.15, 0.2) is 52.3 Å². The quantitative estimate of drug-likeness (QED) is 0.468. The minimum atomic E-state index is -4.05. The van der Waals surface area contributed by atoms with Crippen LogP contribution in [0.25, 0.3) is 0 Å². The molecule has 15 heteroatoms. The number of anilines is 3. The Labute approximate surface area is 214 Å². The first-order valence-electron chi connectivity index (χ1n) is 10.8. The maximum atomic E-state index is 14.3. The fourth-order valence-electron chi connectivity index (χ4n) is 3.66. The highest BCUT2D eigenvalue weighted by Crippen LogP contribution is 2.25. The molecule has 0 saturated carbocycles. The molecule has 4 rings (SSSR count). The molecule has 0 radical (unpaired) electrons. The number of hydrogen-bond donors (Lipinski definition) is 1. The second kappa shape index (κ2) is 9.84. The van der Waals surface area contributed by atoms with Gasteiger partial charge >= 0.3 is 0 Å². The van der Waals surface area contributed by atoms with Crippen LogP contribution in [0.5, 0.6) is 0 Å². The zero-order valence-electron chi connectivity index (χ0n) is 19.8. The van der Waals surface area contributed by atoms with Crippen molar-refractivity contribution in [3.63, 3.8) is 0 Å². The van der Waals surface area contributed by atoms with Crippen LogP contribution in [0.2, 0.25) is 5.02 Å². The average Bonchev–Trinajstić information content (AvgIpc) is 3.18. The van der Waals surface area contributed by atoms with Crippen LogP contribution in [0, 0.1) is 5.82 Å². The molecule has 1 aliphatic rings. The molecule has 11 nitrogen and oxygen atoms in total. The third-order valence-electron chi connectivity index (χ3n) is 5.70. The van der Waals surface area contributed by atoms with Gasteiger partial charge in [-0.3, -0.25) is 0 Å². The van der Waals surface area contributed by atoms with E-state index in [1.54, 1.807) is 19.2 Å². The van der Waals surface area contributed by atoms with Crippen molar-refractivity contribution < 1.29 is 21.2 Å². The Hall–Kier alpha value is -2.94. The van der Waals surface area contributed by atoms with E-state index in [1.807, 2.05) is 9.80 Å². The molecule has 0 unspecified atom stereocenters. The zero-order valence-corrected chi connectivity index (χ0v) is 22.1. The summed E-state index contributed by atoms with van der Waals surface area (Å²) in [5.74, 6) is -0.0593. The molecule has 0 atom stereocenters. The summed E-state index contributed by atoms with van der Waals surface area (Å²) in [6.07, 6.45) is 0. The van der Waals surface area contributed by atoms with Crippen molar-refractivity contribution in [1.29, 1.82) is 0 Å². The molecule has 0 aliphatic carbocycles. The molecule has 3 aromatic rings. The molecule has 1 fully saturated rings. The largest absolute Gasteiger partial charge is 0.366 e. The molecule has 0 spiro atoms. The van der Waals surface area contributed by atoms with Gasteiger partial charge in [0.2, 0.25) is 21.9 Å². The van der Waals surface area contributed by atoms with Crippen molar-refractivity contribution in [2.75, 3.05) is 54.8 Å². The molecular weight excluding hydrogens is 533 g/mol. The number of halogens is 2. The Morgan fingerprint density at radius 2 is 1.53 bits per heavy atom. The number of rotatable bonds is 7. The number of hydrogen-bond acceptors (Lipinski definition) is 8. The number of nitrogens with zero attached hydrogens (tertiary/aromatic N) is 6. The van der Waals surface area contributed by atoms with Crippen LogP contribution in [-0.2, 0) is 27.1 Å². The average molecular weight is 558 g/mol. The van der Waals surface area contributed by atoms with Gasteiger partial charge in [-0.05, 0) is 42.5 Å². The van der Waals surface area contributed by atoms with Gasteiger partial charge < -0.3 is 9.80 Å². The number of nitrogens with one attached hydrogen (secondary N) is 1. The molecular formula is C21H25ClFN7O4S2. The first-order chi connectivity index (χ1) is 16.9. The van der Waals surface area contributed by atoms with E-state index in [-0.39, 0.29) is 15.7 Å². The van der Waals surface area contributed by atoms with Crippen molar-refractivity contribution in [3.05, 3.63) is 53.3 Å². The fourth-order valence-corrected chi connectivity index (χ4v) is 5.75. The second-order valence-electron chi connectivity index (χ2n) is 8.29. The summed E-state index contributed by atoms with van der Waals surface area (Å²) < 4.78 is 69.2. The van der Waals surface area contributed by atoms with E-state index in [0.717, 1.165) is 4.31 Å². The van der Waals surface area contributed by atoms with E-state index >= 15 is 0 Å². The molecule has 1 saturated heterocycles. The minimum Gasteiger partial charge on any atom is -0.366 e. The van der Waals surface area contributed by atoms with Crippen LogP contribution in [-0.4, -0.2) is 76.2 Å². The Balaban J connectivity index is 1.45. The number of benzene rings is 2. The van der Waals surface area contributed by atoms with Gasteiger partial charge in [0.05, 0.1) is 15.5 Å². The minimum absolute atomic E-state index is 0.00108. The number of piperazine rings is 1. The van der Waals surface area contributed by atoms with Crippen LogP contribution in [0.1, 0.15) is 0 Å². The van der Waals surface area contributed by atoms with Gasteiger partial charge in [-0.25, -0.2) is 34.9 Å². The number of sulfonamides is 2. The van der Waals surface area contributed by atoms with Crippen molar-refractivity contribution in [2.24, 2.45) is 7.05 Å². The number of aryl methyl sites for hydroxylation is 1. The lowest BCUT2D eigenvalue weighted by Crippen LogP contribution is -2.47. The van der Waals surface area contributed by atoms with Crippen molar-refractivity contribution >= 4 is 49.2 Å². The lowest BCUT2D eigenvalue weighted by atomic mass is 10.2. The summed E-state index contributed by atoms with van der Waals surface area (Å²) in [6, 6.07) is 9.44. The molecule has 1 aliphatic heterocycles. The van der Waals surface area contributed by atoms with Gasteiger partial charge in [0, 0.05) is 52.3 Å². The normalized spacial score (nSPS) is 14.9. The van der Waals surface area contributed by atoms with Crippen LogP contribution < -0.4 is 14.5 Å². The molecule has 2 aromatic carbocycles. The summed E-state index contributed by atoms with van der Waals surface area (Å²) in [7, 11) is -3.39. The Morgan fingerprint density at radius 3 is 2.11 bits per heavy atom. The predicted octanol–water partition coefficient (Wildman–Crippen LogP) is 1.99. The maximum absolute atomic E-state index is 14.3. The zero-order chi connectivity index (χ0) is 26.3. The molecule has 1 N–H and O–H groups in total. The van der Waals surface area contributed by atoms with E-state index in [4.69, 9.17) is 11.6 Å². The van der Waals surface area contributed by atoms with E-state index in [1.165, 1.54) is 49.1 Å². The summed E-state index contributed by atoms with van der Waals surface area (Å²) in [5.41, 5.74) is 0.464. The topological polar surface area (TPSA) is 121 Å². The van der Waals surface area contributed by atoms with Crippen LogP contribution >= 0.6 is 11.6 Å². The van der Waals surface area contributed by atoms with Crippen LogP contribution in [0.3, 0.4) is 0 Å². The molecule has 2 heterocycles. The highest BCUT2D eigenvalue weighted by Gasteiger charge is 2.25. The standard InChI is InChI=1S/C21H25ClFN7O4S2/c1-27(2)36(33,34)17-7-5-16(6-8-17)35(31,32)26-21-24-20(25-28(21)3)30-12-10-29(11-13-30)19-9-4-15(22)14-18(19)23/h4-9,14H,10-13H2,1-3H3,(H,24,25,26). The Kier molecular flexibility index (Phi) is 7.14. The molecule has 0 amide bonds. The third kappa shape index (κ3) is 5.26. The summed E-state index contributed by atoms with van der Waals surface area (Å²) in [5, 5.41) is 4.65. The van der Waals surface area contributed by atoms with Gasteiger partial charge in [-0.1, -0.05) is 11.6 Å². The van der Waals surface area contributed by atoms with E-state index in [0.29, 0.717) is 42.8 Å². The van der Waals surface area contributed by atoms with Gasteiger partial charge in [-0.2, -0.15) is 4.98 Å². The molecule has 36 heavy (non-hydrogen) atoms. The SMILES string of the molecule is CN(C)S(=O)(=O)c1ccc(S(=O)(=O)Nc2nc(N3CCN(c4ccc(Cl)cc4F)CC3)nn2C)cc1. The van der Waals surface area contributed by atoms with Gasteiger partial charge in [0.15, 0.2) is 0 Å². The highest BCUT2D eigenvalue weighted by atomic mass is 35.5. The fraction of sp³-hybridized carbons (Fsp3) is 0.333. The van der Waals surface area contributed by atoms with E-state index in [2.05, 4.69) is 14.8 Å².